The summed E-state index contributed by atoms with van der Waals surface area (Å²) in [5.41, 5.74) is 15.8. The zero-order chi connectivity index (χ0) is 44.3. The van der Waals surface area contributed by atoms with Crippen molar-refractivity contribution in [1.29, 1.82) is 0 Å². The Morgan fingerprint density at radius 1 is 0.418 bits per heavy atom. The molecule has 0 aliphatic heterocycles. The lowest BCUT2D eigenvalue weighted by Gasteiger charge is -2.31. The van der Waals surface area contributed by atoms with Crippen LogP contribution in [-0.4, -0.2) is 4.57 Å². The van der Waals surface area contributed by atoms with Gasteiger partial charge in [-0.3, -0.25) is 0 Å². The van der Waals surface area contributed by atoms with E-state index in [9.17, 15) is 0 Å². The van der Waals surface area contributed by atoms with Crippen molar-refractivity contribution in [2.45, 2.75) is 38.0 Å². The number of nitrogens with zero attached hydrogens (tertiary/aromatic N) is 2. The van der Waals surface area contributed by atoms with E-state index >= 15 is 0 Å². The van der Waals surface area contributed by atoms with Crippen molar-refractivity contribution in [2.75, 3.05) is 4.90 Å². The fourth-order valence-corrected chi connectivity index (χ4v) is 12.6. The topological polar surface area (TPSA) is 8.17 Å². The normalized spacial score (nSPS) is 13.3. The first kappa shape index (κ1) is 39.6. The molecule has 0 atom stereocenters. The molecule has 0 amide bonds. The van der Waals surface area contributed by atoms with Crippen LogP contribution in [0.5, 0.6) is 0 Å². The summed E-state index contributed by atoms with van der Waals surface area (Å²) >= 11 is 1.89. The van der Waals surface area contributed by atoms with Gasteiger partial charge in [-0.15, -0.1) is 11.3 Å². The van der Waals surface area contributed by atoms with Gasteiger partial charge in [0.05, 0.1) is 22.4 Å². The van der Waals surface area contributed by atoms with Crippen molar-refractivity contribution >= 4 is 81.1 Å². The second kappa shape index (κ2) is 16.6. The Kier molecular flexibility index (Phi) is 9.83. The molecule has 320 valence electrons. The van der Waals surface area contributed by atoms with Crippen LogP contribution in [0, 0.1) is 0 Å². The lowest BCUT2D eigenvalue weighted by Crippen LogP contribution is -2.13. The number of anilines is 3. The summed E-state index contributed by atoms with van der Waals surface area (Å²) in [4.78, 5) is 2.53. The molecule has 0 N–H and O–H groups in total. The van der Waals surface area contributed by atoms with Crippen LogP contribution in [0.15, 0.2) is 224 Å². The summed E-state index contributed by atoms with van der Waals surface area (Å²) < 4.78 is 5.11. The minimum Gasteiger partial charge on any atom is -0.309 e. The summed E-state index contributed by atoms with van der Waals surface area (Å²) in [6.07, 6.45) is 6.44. The second-order valence-electron chi connectivity index (χ2n) is 18.2. The van der Waals surface area contributed by atoms with Crippen LogP contribution in [0.2, 0.25) is 0 Å². The van der Waals surface area contributed by atoms with Crippen molar-refractivity contribution in [3.8, 4) is 39.1 Å². The highest BCUT2D eigenvalue weighted by Crippen LogP contribution is 2.50. The highest BCUT2D eigenvalue weighted by atomic mass is 32.1. The number of aromatic nitrogens is 1. The second-order valence-corrected chi connectivity index (χ2v) is 19.2. The Labute approximate surface area is 395 Å². The maximum atomic E-state index is 2.53. The third kappa shape index (κ3) is 6.68. The molecule has 0 unspecified atom stereocenters. The van der Waals surface area contributed by atoms with Crippen LogP contribution in [0.25, 0.3) is 91.8 Å². The molecule has 12 aromatic rings. The number of thiophene rings is 1. The molecule has 3 heteroatoms. The maximum absolute atomic E-state index is 2.53. The molecule has 0 spiro atoms. The first-order valence-corrected chi connectivity index (χ1v) is 24.7. The predicted molar refractivity (Wildman–Crippen MR) is 288 cm³/mol. The monoisotopic (exact) mass is 876 g/mol. The number of para-hydroxylation sites is 5. The van der Waals surface area contributed by atoms with Gasteiger partial charge in [0.2, 0.25) is 0 Å². The van der Waals surface area contributed by atoms with Gasteiger partial charge in [-0.05, 0) is 100 Å². The minimum absolute atomic E-state index is 0.567. The number of hydrogen-bond donors (Lipinski definition) is 0. The first-order chi connectivity index (χ1) is 33.3. The molecule has 1 saturated carbocycles. The van der Waals surface area contributed by atoms with E-state index in [-0.39, 0.29) is 0 Å². The van der Waals surface area contributed by atoms with E-state index in [1.54, 1.807) is 0 Å². The highest BCUT2D eigenvalue weighted by molar-refractivity contribution is 7.26. The van der Waals surface area contributed by atoms with E-state index in [0.29, 0.717) is 5.92 Å². The molecule has 0 bridgehead atoms. The Morgan fingerprint density at radius 3 is 1.79 bits per heavy atom. The lowest BCUT2D eigenvalue weighted by molar-refractivity contribution is 0.445. The summed E-state index contributed by atoms with van der Waals surface area (Å²) in [5, 5.41) is 7.82. The van der Waals surface area contributed by atoms with Gasteiger partial charge in [0.25, 0.3) is 0 Å². The van der Waals surface area contributed by atoms with Crippen molar-refractivity contribution in [3.63, 3.8) is 0 Å². The van der Waals surface area contributed by atoms with E-state index in [1.165, 1.54) is 124 Å². The molecule has 1 fully saturated rings. The summed E-state index contributed by atoms with van der Waals surface area (Å²) in [5.74, 6) is 0.567. The van der Waals surface area contributed by atoms with E-state index < -0.39 is 0 Å². The van der Waals surface area contributed by atoms with Crippen molar-refractivity contribution in [3.05, 3.63) is 230 Å². The summed E-state index contributed by atoms with van der Waals surface area (Å²) in [6, 6.07) is 83.5. The molecule has 0 radical (unpaired) electrons. The van der Waals surface area contributed by atoms with Gasteiger partial charge in [0.1, 0.15) is 0 Å². The van der Waals surface area contributed by atoms with Crippen molar-refractivity contribution in [2.24, 2.45) is 0 Å². The molecule has 2 aromatic heterocycles. The van der Waals surface area contributed by atoms with Crippen LogP contribution in [-0.2, 0) is 0 Å². The molecule has 1 aliphatic rings. The zero-order valence-electron chi connectivity index (χ0n) is 37.3. The van der Waals surface area contributed by atoms with Gasteiger partial charge < -0.3 is 9.47 Å². The number of fused-ring (bicyclic) bond motifs is 7. The molecule has 2 heterocycles. The van der Waals surface area contributed by atoms with E-state index in [2.05, 4.69) is 234 Å². The maximum Gasteiger partial charge on any atom is 0.0620 e. The SMILES string of the molecule is c1ccc(-n2c3ccccc3c3cccc(-c4ccccc4N(c4ccc(-c5cccc6c5sc5ccccc56)cc4)c4ccccc4-c4cccc5cccc(C6CCCCC6)c45)c32)cc1. The Balaban J connectivity index is 1.06. The minimum atomic E-state index is 0.567. The number of rotatable bonds is 8. The average Bonchev–Trinajstić information content (AvgIpc) is 3.96. The first-order valence-electron chi connectivity index (χ1n) is 23.9. The van der Waals surface area contributed by atoms with Crippen LogP contribution in [0.3, 0.4) is 0 Å². The van der Waals surface area contributed by atoms with Gasteiger partial charge in [-0.25, -0.2) is 0 Å². The van der Waals surface area contributed by atoms with E-state index in [0.717, 1.165) is 22.7 Å². The van der Waals surface area contributed by atoms with Crippen molar-refractivity contribution in [1.82, 2.24) is 4.57 Å². The van der Waals surface area contributed by atoms with Crippen molar-refractivity contribution < 1.29 is 0 Å². The third-order valence-electron chi connectivity index (χ3n) is 14.4. The molecule has 67 heavy (non-hydrogen) atoms. The van der Waals surface area contributed by atoms with Gasteiger partial charge in [0, 0.05) is 59.0 Å². The van der Waals surface area contributed by atoms with Gasteiger partial charge in [-0.2, -0.15) is 0 Å². The molecular formula is C64H48N2S. The Hall–Kier alpha value is -7.72. The quantitative estimate of drug-likeness (QED) is 0.148. The van der Waals surface area contributed by atoms with Crippen LogP contribution in [0.4, 0.5) is 17.1 Å². The van der Waals surface area contributed by atoms with E-state index in [1.807, 2.05) is 11.3 Å². The molecule has 1 aliphatic carbocycles. The molecular weight excluding hydrogens is 829 g/mol. The largest absolute Gasteiger partial charge is 0.309 e. The smallest absolute Gasteiger partial charge is 0.0620 e. The van der Waals surface area contributed by atoms with Crippen LogP contribution < -0.4 is 4.90 Å². The van der Waals surface area contributed by atoms with Gasteiger partial charge in [-0.1, -0.05) is 195 Å². The average molecular weight is 877 g/mol. The molecule has 10 aromatic carbocycles. The number of hydrogen-bond acceptors (Lipinski definition) is 2. The fraction of sp³-hybridized carbons (Fsp3) is 0.0938. The van der Waals surface area contributed by atoms with E-state index in [4.69, 9.17) is 0 Å². The molecule has 2 nitrogen and oxygen atoms in total. The Morgan fingerprint density at radius 2 is 1.00 bits per heavy atom. The van der Waals surface area contributed by atoms with Crippen LogP contribution >= 0.6 is 11.3 Å². The molecule has 0 saturated heterocycles. The summed E-state index contributed by atoms with van der Waals surface area (Å²) in [7, 11) is 0. The standard InChI is InChI=1S/C64H48N2S/c1-3-19-43(20-4-1)48-29-15-21-45-22-16-31-54(62(45)48)50-25-7-11-35-58(50)65(47-41-39-44(40-42-47)49-30-17-34-57-53-28-10-14-38-61(53)67-64(49)57)59-36-12-8-26-51(59)55-32-18-33-56-52-27-9-13-37-60(52)66(63(55)56)46-23-5-2-6-24-46/h2,5-18,21-43H,1,3-4,19-20H2. The fourth-order valence-electron chi connectivity index (χ4n) is 11.4. The Bertz CT molecular complexity index is 3790. The summed E-state index contributed by atoms with van der Waals surface area (Å²) in [6.45, 7) is 0. The van der Waals surface area contributed by atoms with Gasteiger partial charge >= 0.3 is 0 Å². The van der Waals surface area contributed by atoms with Gasteiger partial charge in [0.15, 0.2) is 0 Å². The number of benzene rings is 10. The lowest BCUT2D eigenvalue weighted by atomic mass is 9.80. The zero-order valence-corrected chi connectivity index (χ0v) is 38.1. The third-order valence-corrected chi connectivity index (χ3v) is 15.6. The highest BCUT2D eigenvalue weighted by Gasteiger charge is 2.26. The predicted octanol–water partition coefficient (Wildman–Crippen LogP) is 18.8. The van der Waals surface area contributed by atoms with Crippen LogP contribution in [0.1, 0.15) is 43.6 Å². The molecule has 13 rings (SSSR count).